The first-order valence-corrected chi connectivity index (χ1v) is 7.07. The van der Waals surface area contributed by atoms with Crippen LogP contribution in [0.1, 0.15) is 50.8 Å². The van der Waals surface area contributed by atoms with Gasteiger partial charge in [0.05, 0.1) is 6.10 Å². The zero-order valence-corrected chi connectivity index (χ0v) is 12.2. The van der Waals surface area contributed by atoms with Gasteiger partial charge in [0.15, 0.2) is 0 Å². The van der Waals surface area contributed by atoms with Crippen LogP contribution in [0, 0.1) is 6.92 Å². The van der Waals surface area contributed by atoms with Crippen molar-refractivity contribution in [3.8, 4) is 0 Å². The van der Waals surface area contributed by atoms with Crippen molar-refractivity contribution in [2.45, 2.75) is 52.7 Å². The van der Waals surface area contributed by atoms with Gasteiger partial charge in [-0.3, -0.25) is 0 Å². The topological polar surface area (TPSA) is 23.5 Å². The smallest absolute Gasteiger partial charge is 0.0804 e. The summed E-state index contributed by atoms with van der Waals surface area (Å²) < 4.78 is 0. The summed E-state index contributed by atoms with van der Waals surface area (Å²) >= 11 is 0. The number of nitrogens with zero attached hydrogens (tertiary/aromatic N) is 1. The van der Waals surface area contributed by atoms with Crippen molar-refractivity contribution in [1.82, 2.24) is 4.90 Å². The highest BCUT2D eigenvalue weighted by Crippen LogP contribution is 2.21. The Bertz CT molecular complexity index is 351. The number of aliphatic hydroxyl groups excluding tert-OH is 1. The number of aliphatic hydroxyl groups is 1. The molecule has 18 heavy (non-hydrogen) atoms. The van der Waals surface area contributed by atoms with Crippen molar-refractivity contribution in [2.24, 2.45) is 0 Å². The molecule has 0 spiro atoms. The number of rotatable bonds is 7. The van der Waals surface area contributed by atoms with E-state index in [2.05, 4.69) is 38.7 Å². The van der Waals surface area contributed by atoms with Gasteiger partial charge < -0.3 is 10.0 Å². The van der Waals surface area contributed by atoms with Crippen LogP contribution in [0.4, 0.5) is 0 Å². The molecule has 0 fully saturated rings. The quantitative estimate of drug-likeness (QED) is 0.799. The highest BCUT2D eigenvalue weighted by Gasteiger charge is 2.14. The van der Waals surface area contributed by atoms with Gasteiger partial charge in [-0.25, -0.2) is 0 Å². The summed E-state index contributed by atoms with van der Waals surface area (Å²) in [5.74, 6) is 0. The molecule has 0 saturated carbocycles. The predicted molar refractivity (Wildman–Crippen MR) is 77.8 cm³/mol. The monoisotopic (exact) mass is 249 g/mol. The summed E-state index contributed by atoms with van der Waals surface area (Å²) in [5, 5.41) is 10.3. The van der Waals surface area contributed by atoms with Crippen molar-refractivity contribution in [1.29, 1.82) is 0 Å². The number of aryl methyl sites for hydroxylation is 1. The molecule has 0 aromatic heterocycles. The molecular formula is C16H27NO. The Balaban J connectivity index is 2.55. The van der Waals surface area contributed by atoms with E-state index in [-0.39, 0.29) is 6.10 Å². The van der Waals surface area contributed by atoms with Crippen LogP contribution in [0.15, 0.2) is 24.3 Å². The fraction of sp³-hybridized carbons (Fsp3) is 0.625. The van der Waals surface area contributed by atoms with Gasteiger partial charge in [0, 0.05) is 12.6 Å². The van der Waals surface area contributed by atoms with Crippen LogP contribution < -0.4 is 0 Å². The molecule has 0 aliphatic carbocycles. The second-order valence-electron chi connectivity index (χ2n) is 5.05. The number of hydrogen-bond acceptors (Lipinski definition) is 2. The Hall–Kier alpha value is -0.860. The maximum Gasteiger partial charge on any atom is 0.0804 e. The third kappa shape index (κ3) is 4.11. The standard InChI is InChI=1S/C16H27NO/c1-5-14(4)17(6-2)12-11-16(18)15-10-8-7-9-13(15)3/h7-10,14,16,18H,5-6,11-12H2,1-4H3. The van der Waals surface area contributed by atoms with Crippen molar-refractivity contribution < 1.29 is 5.11 Å². The largest absolute Gasteiger partial charge is 0.388 e. The van der Waals surface area contributed by atoms with Gasteiger partial charge in [-0.2, -0.15) is 0 Å². The normalized spacial score (nSPS) is 14.8. The molecule has 2 nitrogen and oxygen atoms in total. The van der Waals surface area contributed by atoms with E-state index in [1.165, 1.54) is 5.56 Å². The Morgan fingerprint density at radius 2 is 1.89 bits per heavy atom. The van der Waals surface area contributed by atoms with Crippen LogP contribution in [0.25, 0.3) is 0 Å². The lowest BCUT2D eigenvalue weighted by atomic mass is 10.0. The molecule has 0 aliphatic rings. The molecule has 2 heteroatoms. The SMILES string of the molecule is CCC(C)N(CC)CCC(O)c1ccccc1C. The zero-order chi connectivity index (χ0) is 13.5. The second-order valence-corrected chi connectivity index (χ2v) is 5.05. The highest BCUT2D eigenvalue weighted by atomic mass is 16.3. The van der Waals surface area contributed by atoms with Gasteiger partial charge in [-0.15, -0.1) is 0 Å². The molecule has 1 rings (SSSR count). The van der Waals surface area contributed by atoms with E-state index in [4.69, 9.17) is 0 Å². The van der Waals surface area contributed by atoms with Crippen molar-refractivity contribution in [2.75, 3.05) is 13.1 Å². The van der Waals surface area contributed by atoms with Crippen LogP contribution in [0.3, 0.4) is 0 Å². The van der Waals surface area contributed by atoms with E-state index in [1.807, 2.05) is 18.2 Å². The second kappa shape index (κ2) is 7.55. The molecular weight excluding hydrogens is 222 g/mol. The van der Waals surface area contributed by atoms with Crippen LogP contribution in [-0.2, 0) is 0 Å². The minimum Gasteiger partial charge on any atom is -0.388 e. The third-order valence-corrected chi connectivity index (χ3v) is 3.86. The van der Waals surface area contributed by atoms with E-state index < -0.39 is 0 Å². The molecule has 102 valence electrons. The fourth-order valence-corrected chi connectivity index (χ4v) is 2.35. The Labute approximate surface area is 112 Å². The zero-order valence-electron chi connectivity index (χ0n) is 12.2. The van der Waals surface area contributed by atoms with Gasteiger partial charge in [-0.05, 0) is 44.4 Å². The average molecular weight is 249 g/mol. The van der Waals surface area contributed by atoms with E-state index in [0.717, 1.165) is 31.5 Å². The van der Waals surface area contributed by atoms with Crippen LogP contribution in [0.5, 0.6) is 0 Å². The molecule has 0 saturated heterocycles. The van der Waals surface area contributed by atoms with Crippen molar-refractivity contribution in [3.63, 3.8) is 0 Å². The molecule has 0 bridgehead atoms. The summed E-state index contributed by atoms with van der Waals surface area (Å²) in [6, 6.07) is 8.70. The van der Waals surface area contributed by atoms with E-state index >= 15 is 0 Å². The van der Waals surface area contributed by atoms with Crippen LogP contribution >= 0.6 is 0 Å². The molecule has 1 N–H and O–H groups in total. The Morgan fingerprint density at radius 1 is 1.22 bits per heavy atom. The molecule has 0 amide bonds. The summed E-state index contributed by atoms with van der Waals surface area (Å²) in [6.07, 6.45) is 1.63. The minimum atomic E-state index is -0.343. The molecule has 0 radical (unpaired) electrons. The molecule has 0 aliphatic heterocycles. The first-order chi connectivity index (χ1) is 8.60. The molecule has 2 atom stereocenters. The molecule has 0 heterocycles. The summed E-state index contributed by atoms with van der Waals surface area (Å²) in [4.78, 5) is 2.43. The van der Waals surface area contributed by atoms with Crippen LogP contribution in [0.2, 0.25) is 0 Å². The van der Waals surface area contributed by atoms with Crippen molar-refractivity contribution in [3.05, 3.63) is 35.4 Å². The minimum absolute atomic E-state index is 0.343. The van der Waals surface area contributed by atoms with Gasteiger partial charge in [0.25, 0.3) is 0 Å². The summed E-state index contributed by atoms with van der Waals surface area (Å²) in [6.45, 7) is 10.7. The molecule has 1 aromatic rings. The van der Waals surface area contributed by atoms with Gasteiger partial charge in [0.2, 0.25) is 0 Å². The first kappa shape index (κ1) is 15.2. The van der Waals surface area contributed by atoms with Gasteiger partial charge >= 0.3 is 0 Å². The maximum atomic E-state index is 10.3. The lowest BCUT2D eigenvalue weighted by molar-refractivity contribution is 0.128. The van der Waals surface area contributed by atoms with E-state index in [0.29, 0.717) is 6.04 Å². The van der Waals surface area contributed by atoms with Crippen LogP contribution in [-0.4, -0.2) is 29.1 Å². The summed E-state index contributed by atoms with van der Waals surface area (Å²) in [5.41, 5.74) is 2.24. The maximum absolute atomic E-state index is 10.3. The predicted octanol–water partition coefficient (Wildman–Crippen LogP) is 3.54. The van der Waals surface area contributed by atoms with E-state index in [9.17, 15) is 5.11 Å². The number of benzene rings is 1. The molecule has 2 unspecified atom stereocenters. The van der Waals surface area contributed by atoms with Crippen molar-refractivity contribution >= 4 is 0 Å². The lowest BCUT2D eigenvalue weighted by Gasteiger charge is -2.28. The lowest BCUT2D eigenvalue weighted by Crippen LogP contribution is -2.34. The van der Waals surface area contributed by atoms with E-state index in [1.54, 1.807) is 0 Å². The fourth-order valence-electron chi connectivity index (χ4n) is 2.35. The van der Waals surface area contributed by atoms with Gasteiger partial charge in [-0.1, -0.05) is 38.1 Å². The Morgan fingerprint density at radius 3 is 2.44 bits per heavy atom. The average Bonchev–Trinajstić information content (AvgIpc) is 2.39. The molecule has 1 aromatic carbocycles. The highest BCUT2D eigenvalue weighted by molar-refractivity contribution is 5.27. The van der Waals surface area contributed by atoms with Gasteiger partial charge in [0.1, 0.15) is 0 Å². The Kier molecular flexibility index (Phi) is 6.37. The third-order valence-electron chi connectivity index (χ3n) is 3.86. The summed E-state index contributed by atoms with van der Waals surface area (Å²) in [7, 11) is 0. The number of hydrogen-bond donors (Lipinski definition) is 1. The first-order valence-electron chi connectivity index (χ1n) is 7.07.